The van der Waals surface area contributed by atoms with Gasteiger partial charge in [0.2, 0.25) is 0 Å². The Hall–Kier alpha value is -2.71. The Balaban J connectivity index is 2.29. The molecule has 0 aliphatic heterocycles. The van der Waals surface area contributed by atoms with Gasteiger partial charge in [0.15, 0.2) is 11.6 Å². The van der Waals surface area contributed by atoms with Crippen LogP contribution in [0.1, 0.15) is 57.4 Å². The van der Waals surface area contributed by atoms with Gasteiger partial charge in [-0.1, -0.05) is 25.8 Å². The summed E-state index contributed by atoms with van der Waals surface area (Å²) in [6.45, 7) is 1.90. The number of unbranched alkanes of at least 4 members (excludes halogenated alkanes) is 2. The minimum Gasteiger partial charge on any atom is -0.423 e. The van der Waals surface area contributed by atoms with E-state index in [-0.39, 0.29) is 0 Å². The number of ether oxygens (including phenoxy) is 1. The van der Waals surface area contributed by atoms with Crippen molar-refractivity contribution in [1.82, 2.24) is 0 Å². The van der Waals surface area contributed by atoms with Gasteiger partial charge < -0.3 is 4.74 Å². The minimum atomic E-state index is -8.98. The number of esters is 1. The zero-order valence-corrected chi connectivity index (χ0v) is 24.4. The van der Waals surface area contributed by atoms with Gasteiger partial charge >= 0.3 is 59.5 Å². The smallest absolute Gasteiger partial charge is 0.423 e. The molecule has 0 radical (unpaired) electrons. The van der Waals surface area contributed by atoms with Gasteiger partial charge in [-0.25, -0.2) is 4.39 Å². The molecule has 0 N–H and O–H groups in total. The number of benzene rings is 1. The maximum Gasteiger partial charge on any atom is 0.460 e. The molecule has 1 aliphatic rings. The van der Waals surface area contributed by atoms with E-state index in [1.807, 2.05) is 6.92 Å². The molecule has 0 amide bonds. The summed E-state index contributed by atoms with van der Waals surface area (Å²) in [7, 11) is 0. The van der Waals surface area contributed by atoms with Gasteiger partial charge in [0, 0.05) is 5.92 Å². The van der Waals surface area contributed by atoms with Crippen LogP contribution in [0.5, 0.6) is 5.75 Å². The average Bonchev–Trinajstić information content (AvgIpc) is 2.97. The summed E-state index contributed by atoms with van der Waals surface area (Å²) in [6, 6.07) is 3.37. The third-order valence-electron chi connectivity index (χ3n) is 7.99. The topological polar surface area (TPSA) is 26.3 Å². The first-order chi connectivity index (χ1) is 21.8. The van der Waals surface area contributed by atoms with Crippen molar-refractivity contribution in [3.05, 3.63) is 29.6 Å². The summed E-state index contributed by atoms with van der Waals surface area (Å²) < 4.78 is 278. The van der Waals surface area contributed by atoms with Crippen LogP contribution in [0, 0.1) is 17.7 Å². The lowest BCUT2D eigenvalue weighted by Crippen LogP contribution is -2.76. The Labute approximate surface area is 263 Å². The van der Waals surface area contributed by atoms with Crippen molar-refractivity contribution >= 4 is 5.97 Å². The Morgan fingerprint density at radius 2 is 1.06 bits per heavy atom. The molecule has 1 aromatic carbocycles. The van der Waals surface area contributed by atoms with Gasteiger partial charge in [-0.15, -0.1) is 0 Å². The molecule has 284 valence electrons. The van der Waals surface area contributed by atoms with Crippen molar-refractivity contribution in [2.24, 2.45) is 11.8 Å². The number of carbonyl (C=O) groups is 1. The monoisotopic (exact) mass is 760 g/mol. The number of hydrogen-bond donors (Lipinski definition) is 0. The third-order valence-corrected chi connectivity index (χ3v) is 7.99. The van der Waals surface area contributed by atoms with Crippen molar-refractivity contribution < 1.29 is 97.3 Å². The number of aryl methyl sites for hydroxylation is 1. The summed E-state index contributed by atoms with van der Waals surface area (Å²) in [6.07, 6.45) is -10.2. The maximum absolute atomic E-state index is 14.7. The third kappa shape index (κ3) is 6.85. The first-order valence-electron chi connectivity index (χ1n) is 13.9. The van der Waals surface area contributed by atoms with E-state index in [0.717, 1.165) is 25.0 Å². The molecule has 1 aromatic rings. The molecule has 1 fully saturated rings. The molecule has 1 saturated carbocycles. The molecule has 0 atom stereocenters. The zero-order valence-electron chi connectivity index (χ0n) is 24.4. The van der Waals surface area contributed by atoms with Gasteiger partial charge in [0.25, 0.3) is 0 Å². The number of hydrogen-bond acceptors (Lipinski definition) is 2. The highest BCUT2D eigenvalue weighted by Crippen LogP contribution is 2.66. The van der Waals surface area contributed by atoms with Crippen LogP contribution < -0.4 is 4.74 Å². The Morgan fingerprint density at radius 3 is 1.47 bits per heavy atom. The summed E-state index contributed by atoms with van der Waals surface area (Å²) in [4.78, 5) is 12.4. The van der Waals surface area contributed by atoms with Crippen LogP contribution in [0.15, 0.2) is 18.2 Å². The predicted molar refractivity (Wildman–Crippen MR) is 126 cm³/mol. The standard InChI is InChI=1S/C27H24F20O2/c1-2-3-4-5-13-6-11-17(16(28)12-13)49-18(48)14-7-9-15(10-8-14)19(29,30)20(31,32)21(33,34)22(35,36)23(37,38)24(39,40)25(41,42)26(43,44)27(45,46)47/h6,11-12,14-15H,2-5,7-10H2,1H3. The molecule has 0 spiro atoms. The summed E-state index contributed by atoms with van der Waals surface area (Å²) >= 11 is 0. The van der Waals surface area contributed by atoms with Crippen molar-refractivity contribution in [2.75, 3.05) is 0 Å². The van der Waals surface area contributed by atoms with Crippen LogP contribution in [-0.4, -0.2) is 59.5 Å². The molecule has 0 aromatic heterocycles. The van der Waals surface area contributed by atoms with Gasteiger partial charge in [-0.05, 0) is 56.2 Å². The predicted octanol–water partition coefficient (Wildman–Crippen LogP) is 10.9. The van der Waals surface area contributed by atoms with E-state index in [9.17, 15) is 92.6 Å². The van der Waals surface area contributed by atoms with Gasteiger partial charge in [0.1, 0.15) is 0 Å². The number of carbonyl (C=O) groups excluding carboxylic acids is 1. The van der Waals surface area contributed by atoms with Gasteiger partial charge in [0.05, 0.1) is 5.92 Å². The maximum atomic E-state index is 14.7. The van der Waals surface area contributed by atoms with Crippen molar-refractivity contribution in [1.29, 1.82) is 0 Å². The minimum absolute atomic E-state index is 0.438. The fourth-order valence-electron chi connectivity index (χ4n) is 4.87. The lowest BCUT2D eigenvalue weighted by molar-refractivity contribution is -0.470. The summed E-state index contributed by atoms with van der Waals surface area (Å²) in [5.74, 6) is -75.0. The highest BCUT2D eigenvalue weighted by Gasteiger charge is 2.96. The SMILES string of the molecule is CCCCCc1ccc(OC(=O)C2CCC(C(F)(F)C(F)(F)C(F)(F)C(F)(F)C(F)(F)C(F)(F)C(F)(F)C(F)(F)C(F)(F)F)CC2)c(F)c1. The molecule has 0 saturated heterocycles. The van der Waals surface area contributed by atoms with E-state index < -0.39 is 109 Å². The molecular weight excluding hydrogens is 736 g/mol. The molecule has 0 bridgehead atoms. The summed E-state index contributed by atoms with van der Waals surface area (Å²) in [5.41, 5.74) is 0.492. The average molecular weight is 760 g/mol. The zero-order chi connectivity index (χ0) is 38.4. The molecule has 0 heterocycles. The van der Waals surface area contributed by atoms with Crippen LogP contribution in [0.2, 0.25) is 0 Å². The van der Waals surface area contributed by atoms with E-state index in [0.29, 0.717) is 18.4 Å². The Kier molecular flexibility index (Phi) is 11.6. The van der Waals surface area contributed by atoms with E-state index in [2.05, 4.69) is 0 Å². The normalized spacial score (nSPS) is 19.6. The van der Waals surface area contributed by atoms with Crippen LogP contribution in [0.3, 0.4) is 0 Å². The molecule has 0 unspecified atom stereocenters. The van der Waals surface area contributed by atoms with E-state index in [4.69, 9.17) is 4.74 Å². The van der Waals surface area contributed by atoms with Gasteiger partial charge in [-0.3, -0.25) is 4.79 Å². The number of alkyl halides is 19. The second-order valence-electron chi connectivity index (χ2n) is 11.3. The Morgan fingerprint density at radius 1 is 0.633 bits per heavy atom. The second-order valence-corrected chi connectivity index (χ2v) is 11.3. The van der Waals surface area contributed by atoms with Crippen molar-refractivity contribution in [2.45, 2.75) is 112 Å². The molecule has 2 nitrogen and oxygen atoms in total. The van der Waals surface area contributed by atoms with Gasteiger partial charge in [-0.2, -0.15) is 83.4 Å². The fraction of sp³-hybridized carbons (Fsp3) is 0.741. The van der Waals surface area contributed by atoms with Crippen LogP contribution in [0.25, 0.3) is 0 Å². The first-order valence-corrected chi connectivity index (χ1v) is 13.9. The molecule has 22 heteroatoms. The quantitative estimate of drug-likeness (QED) is 0.0817. The second kappa shape index (κ2) is 13.4. The Bertz CT molecular complexity index is 1310. The van der Waals surface area contributed by atoms with Crippen LogP contribution in [0.4, 0.5) is 87.8 Å². The van der Waals surface area contributed by atoms with E-state index >= 15 is 0 Å². The van der Waals surface area contributed by atoms with Crippen molar-refractivity contribution in [3.63, 3.8) is 0 Å². The lowest BCUT2D eigenvalue weighted by atomic mass is 9.75. The highest BCUT2D eigenvalue weighted by molar-refractivity contribution is 5.75. The number of rotatable bonds is 14. The fourth-order valence-corrected chi connectivity index (χ4v) is 4.87. The van der Waals surface area contributed by atoms with E-state index in [1.54, 1.807) is 0 Å². The molecule has 1 aliphatic carbocycles. The highest BCUT2D eigenvalue weighted by atomic mass is 19.4. The van der Waals surface area contributed by atoms with E-state index in [1.165, 1.54) is 6.07 Å². The largest absolute Gasteiger partial charge is 0.460 e. The summed E-state index contributed by atoms with van der Waals surface area (Å²) in [5, 5.41) is 0. The molecule has 49 heavy (non-hydrogen) atoms. The van der Waals surface area contributed by atoms with Crippen molar-refractivity contribution in [3.8, 4) is 5.75 Å². The van der Waals surface area contributed by atoms with Crippen LogP contribution in [-0.2, 0) is 11.2 Å². The number of halogens is 20. The molecule has 2 rings (SSSR count). The molecular formula is C27H24F20O2. The lowest BCUT2D eigenvalue weighted by Gasteiger charge is -2.45. The van der Waals surface area contributed by atoms with Crippen LogP contribution >= 0.6 is 0 Å². The first kappa shape index (κ1) is 42.5.